The van der Waals surface area contributed by atoms with Crippen LogP contribution in [0.15, 0.2) is 16.8 Å². The van der Waals surface area contributed by atoms with E-state index in [1.807, 2.05) is 21.7 Å². The highest BCUT2D eigenvalue weighted by Gasteiger charge is 2.36. The van der Waals surface area contributed by atoms with Crippen LogP contribution in [0.1, 0.15) is 62.7 Å². The molecule has 6 heteroatoms. The van der Waals surface area contributed by atoms with Gasteiger partial charge in [-0.2, -0.15) is 11.3 Å². The number of thiophene rings is 1. The van der Waals surface area contributed by atoms with E-state index in [9.17, 15) is 9.59 Å². The summed E-state index contributed by atoms with van der Waals surface area (Å²) in [6.07, 6.45) is 6.23. The summed E-state index contributed by atoms with van der Waals surface area (Å²) in [5, 5.41) is 3.86. The maximum atomic E-state index is 13.1. The first-order valence-electron chi connectivity index (χ1n) is 9.27. The summed E-state index contributed by atoms with van der Waals surface area (Å²) in [6, 6.07) is 1.84. The third-order valence-corrected chi connectivity index (χ3v) is 6.53. The number of hydrogen-bond acceptors (Lipinski definition) is 3. The summed E-state index contributed by atoms with van der Waals surface area (Å²) in [4.78, 5) is 28.6. The highest BCUT2D eigenvalue weighted by atomic mass is 32.1. The van der Waals surface area contributed by atoms with Crippen LogP contribution in [0.2, 0.25) is 0 Å². The van der Waals surface area contributed by atoms with Crippen LogP contribution in [-0.2, 0) is 0 Å². The minimum atomic E-state index is -0.366. The molecule has 2 heterocycles. The minimum Gasteiger partial charge on any atom is -0.351 e. The highest BCUT2D eigenvalue weighted by Crippen LogP contribution is 2.37. The summed E-state index contributed by atoms with van der Waals surface area (Å²) >= 11 is 1.55. The van der Waals surface area contributed by atoms with Gasteiger partial charge in [0, 0.05) is 24.5 Å². The standard InChI is InChI=1S/C19H29N3O2S/c1-19(2)8-5-15(6-9-19)22(17(23)14-7-11-25-13-14)12-16-4-3-10-21(16)18(20)24/h7,11,13,15-16H,3-6,8-10,12H2,1-2H3,(H2,20,24)/t16-/m0/s1. The van der Waals surface area contributed by atoms with E-state index in [4.69, 9.17) is 5.73 Å². The SMILES string of the molecule is CC1(C)CCC(N(C[C@@H]2CCCN2C(N)=O)C(=O)c2ccsc2)CC1. The van der Waals surface area contributed by atoms with Crippen LogP contribution in [0.4, 0.5) is 4.79 Å². The molecule has 1 saturated heterocycles. The lowest BCUT2D eigenvalue weighted by Crippen LogP contribution is -2.51. The number of rotatable bonds is 4. The van der Waals surface area contributed by atoms with Crippen molar-refractivity contribution >= 4 is 23.3 Å². The van der Waals surface area contributed by atoms with Crippen molar-refractivity contribution in [2.24, 2.45) is 11.1 Å². The lowest BCUT2D eigenvalue weighted by Gasteiger charge is -2.41. The van der Waals surface area contributed by atoms with Crippen molar-refractivity contribution in [3.8, 4) is 0 Å². The zero-order chi connectivity index (χ0) is 18.0. The van der Waals surface area contributed by atoms with E-state index < -0.39 is 0 Å². The molecule has 138 valence electrons. The van der Waals surface area contributed by atoms with Gasteiger partial charge in [0.25, 0.3) is 5.91 Å². The molecule has 1 atom stereocenters. The van der Waals surface area contributed by atoms with Crippen molar-refractivity contribution in [3.63, 3.8) is 0 Å². The average molecular weight is 364 g/mol. The molecule has 0 bridgehead atoms. The van der Waals surface area contributed by atoms with Crippen LogP contribution < -0.4 is 5.73 Å². The molecule has 1 aromatic rings. The van der Waals surface area contributed by atoms with Crippen molar-refractivity contribution in [2.75, 3.05) is 13.1 Å². The van der Waals surface area contributed by atoms with Crippen LogP contribution in [0, 0.1) is 5.41 Å². The van der Waals surface area contributed by atoms with E-state index in [1.54, 1.807) is 16.2 Å². The molecule has 0 unspecified atom stereocenters. The molecule has 2 N–H and O–H groups in total. The summed E-state index contributed by atoms with van der Waals surface area (Å²) in [5.41, 5.74) is 6.66. The lowest BCUT2D eigenvalue weighted by atomic mass is 9.75. The molecule has 1 aromatic heterocycles. The number of carbonyl (C=O) groups excluding carboxylic acids is 2. The Bertz CT molecular complexity index is 604. The number of hydrogen-bond donors (Lipinski definition) is 1. The molecule has 1 aliphatic carbocycles. The van der Waals surface area contributed by atoms with Crippen LogP contribution >= 0.6 is 11.3 Å². The van der Waals surface area contributed by atoms with Crippen LogP contribution in [-0.4, -0.2) is 46.9 Å². The molecule has 0 aromatic carbocycles. The Morgan fingerprint density at radius 2 is 2.04 bits per heavy atom. The Kier molecular flexibility index (Phi) is 5.37. The van der Waals surface area contributed by atoms with E-state index in [1.165, 1.54) is 0 Å². The molecule has 2 fully saturated rings. The molecular weight excluding hydrogens is 334 g/mol. The Balaban J connectivity index is 1.77. The second-order valence-electron chi connectivity index (χ2n) is 8.19. The van der Waals surface area contributed by atoms with Crippen molar-refractivity contribution < 1.29 is 9.59 Å². The highest BCUT2D eigenvalue weighted by molar-refractivity contribution is 7.08. The fourth-order valence-electron chi connectivity index (χ4n) is 4.19. The van der Waals surface area contributed by atoms with Crippen LogP contribution in [0.25, 0.3) is 0 Å². The molecule has 1 aliphatic heterocycles. The summed E-state index contributed by atoms with van der Waals surface area (Å²) in [7, 11) is 0. The van der Waals surface area contributed by atoms with Gasteiger partial charge in [-0.05, 0) is 55.4 Å². The summed E-state index contributed by atoms with van der Waals surface area (Å²) < 4.78 is 0. The summed E-state index contributed by atoms with van der Waals surface area (Å²) in [6.45, 7) is 5.92. The number of likely N-dealkylation sites (tertiary alicyclic amines) is 1. The third kappa shape index (κ3) is 4.17. The normalized spacial score (nSPS) is 23.6. The first-order chi connectivity index (χ1) is 11.9. The van der Waals surface area contributed by atoms with Gasteiger partial charge in [0.2, 0.25) is 0 Å². The van der Waals surface area contributed by atoms with Gasteiger partial charge in [-0.15, -0.1) is 0 Å². The fourth-order valence-corrected chi connectivity index (χ4v) is 4.82. The quantitative estimate of drug-likeness (QED) is 0.886. The molecule has 0 radical (unpaired) electrons. The molecule has 2 aliphatic rings. The number of nitrogens with zero attached hydrogens (tertiary/aromatic N) is 2. The van der Waals surface area contributed by atoms with Crippen LogP contribution in [0.5, 0.6) is 0 Å². The molecule has 5 nitrogen and oxygen atoms in total. The van der Waals surface area contributed by atoms with Crippen LogP contribution in [0.3, 0.4) is 0 Å². The van der Waals surface area contributed by atoms with Crippen molar-refractivity contribution in [3.05, 3.63) is 22.4 Å². The van der Waals surface area contributed by atoms with Gasteiger partial charge < -0.3 is 15.5 Å². The number of amides is 3. The van der Waals surface area contributed by atoms with E-state index in [0.717, 1.165) is 44.1 Å². The predicted molar refractivity (Wildman–Crippen MR) is 101 cm³/mol. The number of urea groups is 1. The largest absolute Gasteiger partial charge is 0.351 e. The van der Waals surface area contributed by atoms with Gasteiger partial charge in [0.1, 0.15) is 0 Å². The Hall–Kier alpha value is -1.56. The first-order valence-corrected chi connectivity index (χ1v) is 10.2. The van der Waals surface area contributed by atoms with Crippen molar-refractivity contribution in [1.29, 1.82) is 0 Å². The van der Waals surface area contributed by atoms with E-state index in [-0.39, 0.29) is 24.0 Å². The molecule has 1 saturated carbocycles. The Morgan fingerprint density at radius 1 is 1.32 bits per heavy atom. The maximum Gasteiger partial charge on any atom is 0.315 e. The van der Waals surface area contributed by atoms with E-state index >= 15 is 0 Å². The number of primary amides is 1. The van der Waals surface area contributed by atoms with Gasteiger partial charge in [0.15, 0.2) is 0 Å². The maximum absolute atomic E-state index is 13.1. The first kappa shape index (κ1) is 18.2. The average Bonchev–Trinajstić information content (AvgIpc) is 3.24. The van der Waals surface area contributed by atoms with Crippen molar-refractivity contribution in [1.82, 2.24) is 9.80 Å². The molecular formula is C19H29N3O2S. The van der Waals surface area contributed by atoms with Crippen molar-refractivity contribution in [2.45, 2.75) is 64.5 Å². The van der Waals surface area contributed by atoms with E-state index in [2.05, 4.69) is 13.8 Å². The molecule has 25 heavy (non-hydrogen) atoms. The molecule has 3 rings (SSSR count). The topological polar surface area (TPSA) is 66.6 Å². The van der Waals surface area contributed by atoms with Gasteiger partial charge in [-0.3, -0.25) is 4.79 Å². The van der Waals surface area contributed by atoms with Gasteiger partial charge >= 0.3 is 6.03 Å². The van der Waals surface area contributed by atoms with E-state index in [0.29, 0.717) is 18.5 Å². The third-order valence-electron chi connectivity index (χ3n) is 5.85. The number of nitrogens with two attached hydrogens (primary N) is 1. The minimum absolute atomic E-state index is 0.0509. The van der Waals surface area contributed by atoms with Gasteiger partial charge in [-0.1, -0.05) is 13.8 Å². The Labute approximate surface area is 154 Å². The second kappa shape index (κ2) is 7.36. The zero-order valence-electron chi connectivity index (χ0n) is 15.2. The monoisotopic (exact) mass is 363 g/mol. The molecule has 3 amide bonds. The smallest absolute Gasteiger partial charge is 0.315 e. The Morgan fingerprint density at radius 3 is 2.64 bits per heavy atom. The van der Waals surface area contributed by atoms with Gasteiger partial charge in [0.05, 0.1) is 11.6 Å². The summed E-state index contributed by atoms with van der Waals surface area (Å²) in [5.74, 6) is 0.0993. The predicted octanol–water partition coefficient (Wildman–Crippen LogP) is 3.70. The second-order valence-corrected chi connectivity index (χ2v) is 8.97. The molecule has 0 spiro atoms. The lowest BCUT2D eigenvalue weighted by molar-refractivity contribution is 0.0503. The zero-order valence-corrected chi connectivity index (χ0v) is 16.1. The number of carbonyl (C=O) groups is 2. The fraction of sp³-hybridized carbons (Fsp3) is 0.684. The van der Waals surface area contributed by atoms with Gasteiger partial charge in [-0.25, -0.2) is 4.79 Å².